The summed E-state index contributed by atoms with van der Waals surface area (Å²) in [6.07, 6.45) is 0.0741. The molecule has 0 aliphatic heterocycles. The van der Waals surface area contributed by atoms with E-state index in [1.54, 1.807) is 7.11 Å². The fourth-order valence-electron chi connectivity index (χ4n) is 1.74. The van der Waals surface area contributed by atoms with E-state index in [0.717, 1.165) is 0 Å². The molecule has 2 unspecified atom stereocenters. The number of aromatic hydroxyl groups is 2. The second kappa shape index (κ2) is 7.20. The lowest BCUT2D eigenvalue weighted by Gasteiger charge is -2.17. The maximum Gasteiger partial charge on any atom is 0.120 e. The average Bonchev–Trinajstić information content (AvgIpc) is 2.32. The molecule has 4 N–H and O–H groups in total. The van der Waals surface area contributed by atoms with Crippen LogP contribution in [0.15, 0.2) is 18.2 Å². The molecule has 0 amide bonds. The highest BCUT2D eigenvalue weighted by molar-refractivity contribution is 5.40. The van der Waals surface area contributed by atoms with Crippen LogP contribution in [0.5, 0.6) is 11.5 Å². The number of rotatable bonds is 7. The minimum Gasteiger partial charge on any atom is -0.508 e. The molecule has 0 fully saturated rings. The lowest BCUT2D eigenvalue weighted by molar-refractivity contribution is 0.0590. The Balaban J connectivity index is 2.45. The van der Waals surface area contributed by atoms with Crippen molar-refractivity contribution in [2.24, 2.45) is 0 Å². The van der Waals surface area contributed by atoms with Gasteiger partial charge < -0.3 is 25.4 Å². The number of aliphatic hydroxyl groups is 1. The molecule has 102 valence electrons. The lowest BCUT2D eigenvalue weighted by Crippen LogP contribution is -2.25. The summed E-state index contributed by atoms with van der Waals surface area (Å²) in [5.41, 5.74) is 0.635. The summed E-state index contributed by atoms with van der Waals surface area (Å²) in [5, 5.41) is 31.7. The molecule has 2 atom stereocenters. The zero-order valence-corrected chi connectivity index (χ0v) is 10.8. The number of benzene rings is 1. The van der Waals surface area contributed by atoms with Crippen molar-refractivity contribution in [2.75, 3.05) is 20.3 Å². The average molecular weight is 255 g/mol. The molecule has 5 heteroatoms. The van der Waals surface area contributed by atoms with Gasteiger partial charge in [0.25, 0.3) is 0 Å². The summed E-state index contributed by atoms with van der Waals surface area (Å²) >= 11 is 0. The van der Waals surface area contributed by atoms with E-state index in [1.807, 2.05) is 6.92 Å². The van der Waals surface area contributed by atoms with Gasteiger partial charge in [-0.3, -0.25) is 0 Å². The van der Waals surface area contributed by atoms with E-state index >= 15 is 0 Å². The van der Waals surface area contributed by atoms with E-state index in [2.05, 4.69) is 5.32 Å². The standard InChI is InChI=1S/C13H21NO4/c1-9(14-6-5-11(16)8-18-2)12-7-10(15)3-4-13(12)17/h3-4,7,9,11,14-17H,5-6,8H2,1-2H3. The third kappa shape index (κ3) is 4.52. The first kappa shape index (κ1) is 14.8. The largest absolute Gasteiger partial charge is 0.508 e. The van der Waals surface area contributed by atoms with Crippen LogP contribution in [0.25, 0.3) is 0 Å². The van der Waals surface area contributed by atoms with E-state index in [4.69, 9.17) is 4.74 Å². The third-order valence-corrected chi connectivity index (χ3v) is 2.76. The molecule has 0 aliphatic rings. The molecule has 0 radical (unpaired) electrons. The fourth-order valence-corrected chi connectivity index (χ4v) is 1.74. The molecule has 0 bridgehead atoms. The molecular formula is C13H21NO4. The van der Waals surface area contributed by atoms with Gasteiger partial charge in [0, 0.05) is 18.7 Å². The zero-order valence-electron chi connectivity index (χ0n) is 10.8. The lowest BCUT2D eigenvalue weighted by atomic mass is 10.1. The predicted octanol–water partition coefficient (Wildman–Crippen LogP) is 1.15. The normalized spacial score (nSPS) is 14.4. The Hall–Kier alpha value is -1.30. The highest BCUT2D eigenvalue weighted by atomic mass is 16.5. The Morgan fingerprint density at radius 2 is 2.06 bits per heavy atom. The van der Waals surface area contributed by atoms with Gasteiger partial charge in [0.15, 0.2) is 0 Å². The molecule has 0 spiro atoms. The number of phenolic OH excluding ortho intramolecular Hbond substituents is 2. The molecule has 18 heavy (non-hydrogen) atoms. The van der Waals surface area contributed by atoms with Crippen molar-refractivity contribution in [2.45, 2.75) is 25.5 Å². The van der Waals surface area contributed by atoms with Gasteiger partial charge in [-0.05, 0) is 38.1 Å². The maximum absolute atomic E-state index is 9.68. The SMILES string of the molecule is COCC(O)CCNC(C)c1cc(O)ccc1O. The Kier molecular flexibility index (Phi) is 5.91. The Morgan fingerprint density at radius 3 is 2.72 bits per heavy atom. The summed E-state index contributed by atoms with van der Waals surface area (Å²) in [6.45, 7) is 2.80. The smallest absolute Gasteiger partial charge is 0.120 e. The summed E-state index contributed by atoms with van der Waals surface area (Å²) < 4.78 is 4.83. The summed E-state index contributed by atoms with van der Waals surface area (Å²) in [6, 6.07) is 4.32. The van der Waals surface area contributed by atoms with Crippen LogP contribution in [-0.2, 0) is 4.74 Å². The van der Waals surface area contributed by atoms with Crippen LogP contribution in [0, 0.1) is 0 Å². The van der Waals surface area contributed by atoms with E-state index in [9.17, 15) is 15.3 Å². The van der Waals surface area contributed by atoms with Crippen LogP contribution in [0.2, 0.25) is 0 Å². The van der Waals surface area contributed by atoms with Crippen LogP contribution in [0.4, 0.5) is 0 Å². The zero-order chi connectivity index (χ0) is 13.5. The number of methoxy groups -OCH3 is 1. The Morgan fingerprint density at radius 1 is 1.33 bits per heavy atom. The molecule has 0 aromatic heterocycles. The molecule has 1 rings (SSSR count). The molecule has 5 nitrogen and oxygen atoms in total. The van der Waals surface area contributed by atoms with Gasteiger partial charge in [-0.1, -0.05) is 0 Å². The number of hydrogen-bond donors (Lipinski definition) is 4. The van der Waals surface area contributed by atoms with Gasteiger partial charge in [0.2, 0.25) is 0 Å². The van der Waals surface area contributed by atoms with Crippen LogP contribution in [0.1, 0.15) is 24.9 Å². The summed E-state index contributed by atoms with van der Waals surface area (Å²) in [4.78, 5) is 0. The quantitative estimate of drug-likeness (QED) is 0.549. The van der Waals surface area contributed by atoms with Crippen molar-refractivity contribution in [3.63, 3.8) is 0 Å². The molecule has 0 saturated heterocycles. The minimum absolute atomic E-state index is 0.105. The molecule has 0 heterocycles. The molecular weight excluding hydrogens is 234 g/mol. The van der Waals surface area contributed by atoms with E-state index in [-0.39, 0.29) is 17.5 Å². The second-order valence-corrected chi connectivity index (χ2v) is 4.32. The van der Waals surface area contributed by atoms with Crippen molar-refractivity contribution in [3.8, 4) is 11.5 Å². The van der Waals surface area contributed by atoms with Gasteiger partial charge in [-0.15, -0.1) is 0 Å². The fraction of sp³-hybridized carbons (Fsp3) is 0.538. The van der Waals surface area contributed by atoms with Crippen molar-refractivity contribution < 1.29 is 20.1 Å². The van der Waals surface area contributed by atoms with Crippen molar-refractivity contribution in [1.82, 2.24) is 5.32 Å². The highest BCUT2D eigenvalue weighted by Gasteiger charge is 2.11. The molecule has 1 aromatic carbocycles. The van der Waals surface area contributed by atoms with Crippen molar-refractivity contribution >= 4 is 0 Å². The predicted molar refractivity (Wildman–Crippen MR) is 68.7 cm³/mol. The van der Waals surface area contributed by atoms with Crippen LogP contribution >= 0.6 is 0 Å². The van der Waals surface area contributed by atoms with E-state index < -0.39 is 6.10 Å². The van der Waals surface area contributed by atoms with Gasteiger partial charge >= 0.3 is 0 Å². The highest BCUT2D eigenvalue weighted by Crippen LogP contribution is 2.27. The van der Waals surface area contributed by atoms with Crippen LogP contribution in [0.3, 0.4) is 0 Å². The number of nitrogens with one attached hydrogen (secondary N) is 1. The number of aliphatic hydroxyl groups excluding tert-OH is 1. The third-order valence-electron chi connectivity index (χ3n) is 2.76. The van der Waals surface area contributed by atoms with Crippen molar-refractivity contribution in [3.05, 3.63) is 23.8 Å². The van der Waals surface area contributed by atoms with E-state index in [1.165, 1.54) is 18.2 Å². The number of phenols is 2. The van der Waals surface area contributed by atoms with Gasteiger partial charge in [0.1, 0.15) is 11.5 Å². The second-order valence-electron chi connectivity index (χ2n) is 4.32. The number of ether oxygens (including phenoxy) is 1. The minimum atomic E-state index is -0.493. The Bertz CT molecular complexity index is 370. The van der Waals surface area contributed by atoms with Gasteiger partial charge in [0.05, 0.1) is 12.7 Å². The maximum atomic E-state index is 9.68. The summed E-state index contributed by atoms with van der Waals surface area (Å²) in [5.74, 6) is 0.265. The van der Waals surface area contributed by atoms with Gasteiger partial charge in [-0.25, -0.2) is 0 Å². The topological polar surface area (TPSA) is 82.0 Å². The molecule has 0 aliphatic carbocycles. The summed E-state index contributed by atoms with van der Waals surface area (Å²) in [7, 11) is 1.55. The molecule has 1 aromatic rings. The van der Waals surface area contributed by atoms with E-state index in [0.29, 0.717) is 25.1 Å². The first-order valence-electron chi connectivity index (χ1n) is 5.97. The van der Waals surface area contributed by atoms with Crippen LogP contribution in [-0.4, -0.2) is 41.7 Å². The monoisotopic (exact) mass is 255 g/mol. The first-order valence-corrected chi connectivity index (χ1v) is 5.97. The first-order chi connectivity index (χ1) is 8.54. The number of hydrogen-bond acceptors (Lipinski definition) is 5. The van der Waals surface area contributed by atoms with Crippen molar-refractivity contribution in [1.29, 1.82) is 0 Å². The molecule has 0 saturated carbocycles. The van der Waals surface area contributed by atoms with Gasteiger partial charge in [-0.2, -0.15) is 0 Å². The van der Waals surface area contributed by atoms with Crippen LogP contribution < -0.4 is 5.32 Å². The Labute approximate surface area is 107 Å².